The van der Waals surface area contributed by atoms with Crippen LogP contribution in [-0.4, -0.2) is 20.8 Å². The van der Waals surface area contributed by atoms with E-state index in [1.165, 1.54) is 0 Å². The van der Waals surface area contributed by atoms with Crippen LogP contribution in [0.15, 0.2) is 48.5 Å². The van der Waals surface area contributed by atoms with E-state index in [-0.39, 0.29) is 11.6 Å². The van der Waals surface area contributed by atoms with Crippen LogP contribution >= 0.6 is 28.2 Å². The van der Waals surface area contributed by atoms with Crippen LogP contribution in [0.4, 0.5) is 0 Å². The molecule has 0 aliphatic carbocycles. The first-order chi connectivity index (χ1) is 10.8. The molecule has 0 bridgehead atoms. The van der Waals surface area contributed by atoms with Crippen molar-refractivity contribution < 1.29 is 9.59 Å². The molecule has 2 rings (SSSR count). The summed E-state index contributed by atoms with van der Waals surface area (Å²) >= 11 is 7.28. The van der Waals surface area contributed by atoms with E-state index in [4.69, 9.17) is 0 Å². The zero-order chi connectivity index (χ0) is 17.0. The Kier molecular flexibility index (Phi) is 6.38. The molecule has 0 aliphatic heterocycles. The molecular formula is C18H18Br2O2Se. The van der Waals surface area contributed by atoms with Crippen molar-refractivity contribution in [2.24, 2.45) is 0 Å². The van der Waals surface area contributed by atoms with E-state index >= 15 is 0 Å². The van der Waals surface area contributed by atoms with Gasteiger partial charge in [-0.2, -0.15) is 0 Å². The van der Waals surface area contributed by atoms with Crippen LogP contribution in [0.25, 0.3) is 0 Å². The molecule has 0 radical (unpaired) electrons. The van der Waals surface area contributed by atoms with Crippen LogP contribution < -0.4 is 0 Å². The molecular weight excluding hydrogens is 487 g/mol. The zero-order valence-electron chi connectivity index (χ0n) is 13.0. The molecule has 0 heterocycles. The third kappa shape index (κ3) is 5.68. The average molecular weight is 505 g/mol. The summed E-state index contributed by atoms with van der Waals surface area (Å²) in [5, 5.41) is 0.717. The summed E-state index contributed by atoms with van der Waals surface area (Å²) in [5.41, 5.74) is 3.63. The fourth-order valence-corrected chi connectivity index (χ4v) is 8.92. The first-order valence-corrected chi connectivity index (χ1v) is 17.6. The quantitative estimate of drug-likeness (QED) is 0.379. The minimum absolute atomic E-state index is 0.0652. The van der Waals surface area contributed by atoms with Crippen molar-refractivity contribution in [3.63, 3.8) is 0 Å². The molecule has 0 atom stereocenters. The predicted molar refractivity (Wildman–Crippen MR) is 104 cm³/mol. The summed E-state index contributed by atoms with van der Waals surface area (Å²) in [6, 6.07) is 15.1. The Balaban J connectivity index is 2.03. The molecule has 23 heavy (non-hydrogen) atoms. The van der Waals surface area contributed by atoms with E-state index in [2.05, 4.69) is 28.2 Å². The van der Waals surface area contributed by atoms with Crippen molar-refractivity contribution in [2.45, 2.75) is 24.5 Å². The minimum atomic E-state index is -2.49. The van der Waals surface area contributed by atoms with Crippen LogP contribution in [0.5, 0.6) is 0 Å². The van der Waals surface area contributed by atoms with Gasteiger partial charge in [-0.25, -0.2) is 0 Å². The molecule has 0 aromatic heterocycles. The predicted octanol–water partition coefficient (Wildman–Crippen LogP) is 5.60. The van der Waals surface area contributed by atoms with Gasteiger partial charge < -0.3 is 0 Å². The number of ketones is 2. The molecule has 2 aromatic rings. The van der Waals surface area contributed by atoms with Crippen molar-refractivity contribution in [1.82, 2.24) is 0 Å². The van der Waals surface area contributed by atoms with E-state index in [0.29, 0.717) is 21.8 Å². The number of hydrogen-bond acceptors (Lipinski definition) is 2. The Labute approximate surface area is 153 Å². The Hall–Kier alpha value is -0.741. The standard InChI is InChI=1S/C18H18Br2O2Se/c1-13-3-7-15(8-4-13)17(21)11-23(19,20)12-18(22)16-9-5-14(2)6-10-16/h3-10H,11-12H2,1-2H3. The van der Waals surface area contributed by atoms with E-state index in [1.807, 2.05) is 62.4 Å². The molecule has 2 aromatic carbocycles. The molecule has 122 valence electrons. The first kappa shape index (κ1) is 18.6. The topological polar surface area (TPSA) is 34.1 Å². The normalized spacial score (nSPS) is 12.0. The fourth-order valence-electron chi connectivity index (χ4n) is 2.08. The number of hydrogen-bond donors (Lipinski definition) is 0. The van der Waals surface area contributed by atoms with Crippen LogP contribution in [0.1, 0.15) is 31.8 Å². The summed E-state index contributed by atoms with van der Waals surface area (Å²) in [4.78, 5) is 24.8. The van der Waals surface area contributed by atoms with Gasteiger partial charge in [0.25, 0.3) is 0 Å². The van der Waals surface area contributed by atoms with Crippen molar-refractivity contribution in [2.75, 3.05) is 0 Å². The van der Waals surface area contributed by atoms with Gasteiger partial charge in [0.1, 0.15) is 0 Å². The molecule has 5 heteroatoms. The maximum atomic E-state index is 12.4. The molecule has 0 N–H and O–H groups in total. The molecule has 0 fully saturated rings. The van der Waals surface area contributed by atoms with Gasteiger partial charge in [0.05, 0.1) is 0 Å². The van der Waals surface area contributed by atoms with Gasteiger partial charge in [-0.05, 0) is 0 Å². The molecule has 0 unspecified atom stereocenters. The van der Waals surface area contributed by atoms with Gasteiger partial charge >= 0.3 is 154 Å². The van der Waals surface area contributed by atoms with Gasteiger partial charge in [-0.3, -0.25) is 0 Å². The number of aryl methyl sites for hydroxylation is 2. The van der Waals surface area contributed by atoms with Crippen LogP contribution in [0, 0.1) is 13.8 Å². The van der Waals surface area contributed by atoms with Crippen molar-refractivity contribution in [3.8, 4) is 0 Å². The van der Waals surface area contributed by atoms with Gasteiger partial charge in [0.2, 0.25) is 0 Å². The average Bonchev–Trinajstić information content (AvgIpc) is 2.47. The Morgan fingerprint density at radius 3 is 1.35 bits per heavy atom. The molecule has 0 amide bonds. The van der Waals surface area contributed by atoms with E-state index < -0.39 is 9.23 Å². The number of halogens is 2. The van der Waals surface area contributed by atoms with Gasteiger partial charge in [-0.15, -0.1) is 0 Å². The van der Waals surface area contributed by atoms with Crippen LogP contribution in [0.2, 0.25) is 10.6 Å². The molecule has 0 spiro atoms. The second-order valence-corrected chi connectivity index (χ2v) is 27.1. The maximum absolute atomic E-state index is 12.4. The van der Waals surface area contributed by atoms with E-state index in [9.17, 15) is 9.59 Å². The summed E-state index contributed by atoms with van der Waals surface area (Å²) in [6.45, 7) is 3.98. The third-order valence-corrected chi connectivity index (χ3v) is 11.1. The van der Waals surface area contributed by atoms with Crippen LogP contribution in [-0.2, 0) is 0 Å². The van der Waals surface area contributed by atoms with Gasteiger partial charge in [0, 0.05) is 0 Å². The molecule has 0 saturated carbocycles. The van der Waals surface area contributed by atoms with E-state index in [1.54, 1.807) is 0 Å². The third-order valence-electron chi connectivity index (χ3n) is 3.43. The van der Waals surface area contributed by atoms with E-state index in [0.717, 1.165) is 11.1 Å². The Morgan fingerprint density at radius 1 is 0.739 bits per heavy atom. The summed E-state index contributed by atoms with van der Waals surface area (Å²) < 4.78 is 0. The molecule has 2 nitrogen and oxygen atoms in total. The van der Waals surface area contributed by atoms with Gasteiger partial charge in [-0.1, -0.05) is 0 Å². The van der Waals surface area contributed by atoms with Crippen LogP contribution in [0.3, 0.4) is 0 Å². The SMILES string of the molecule is Cc1ccc(C(=O)C[Se](Br)(Br)CC(=O)c2ccc(C)cc2)cc1. The van der Waals surface area contributed by atoms with Crippen molar-refractivity contribution in [1.29, 1.82) is 0 Å². The summed E-state index contributed by atoms with van der Waals surface area (Å²) in [5.74, 6) is 0.130. The second kappa shape index (κ2) is 7.89. The number of rotatable bonds is 6. The number of carbonyl (C=O) groups excluding carboxylic acids is 2. The molecule has 0 aliphatic rings. The zero-order valence-corrected chi connectivity index (χ0v) is 17.9. The number of carbonyl (C=O) groups is 2. The molecule has 0 saturated heterocycles. The Morgan fingerprint density at radius 2 is 1.04 bits per heavy atom. The van der Waals surface area contributed by atoms with Crippen molar-refractivity contribution >= 4 is 49.0 Å². The van der Waals surface area contributed by atoms with Gasteiger partial charge in [0.15, 0.2) is 0 Å². The monoisotopic (exact) mass is 504 g/mol. The number of Topliss-reactive ketones (excluding diaryl/α,β-unsaturated/α-hetero) is 2. The first-order valence-electron chi connectivity index (χ1n) is 7.14. The Bertz CT molecular complexity index is 645. The van der Waals surface area contributed by atoms with Crippen molar-refractivity contribution in [3.05, 3.63) is 70.8 Å². The second-order valence-electron chi connectivity index (χ2n) is 5.57. The summed E-state index contributed by atoms with van der Waals surface area (Å²) in [7, 11) is -2.49. The number of benzene rings is 2. The summed E-state index contributed by atoms with van der Waals surface area (Å²) in [6.07, 6.45) is 0. The fraction of sp³-hybridized carbons (Fsp3) is 0.222.